The van der Waals surface area contributed by atoms with Gasteiger partial charge in [0.1, 0.15) is 0 Å². The molecular formula is C15H24LiN. The van der Waals surface area contributed by atoms with Gasteiger partial charge in [0.15, 0.2) is 0 Å². The van der Waals surface area contributed by atoms with Crippen LogP contribution in [0.25, 0.3) is 5.32 Å². The number of hydrogen-bond acceptors (Lipinski definition) is 0. The zero-order valence-corrected chi connectivity index (χ0v) is 12.4. The van der Waals surface area contributed by atoms with Crippen molar-refractivity contribution in [2.24, 2.45) is 10.8 Å². The predicted octanol–water partition coefficient (Wildman–Crippen LogP) is 2.16. The first kappa shape index (κ1) is 16.6. The van der Waals surface area contributed by atoms with Gasteiger partial charge in [0.2, 0.25) is 0 Å². The van der Waals surface area contributed by atoms with Crippen LogP contribution in [-0.2, 0) is 0 Å². The number of rotatable bonds is 2. The van der Waals surface area contributed by atoms with Gasteiger partial charge in [-0.25, -0.2) is 0 Å². The van der Waals surface area contributed by atoms with Crippen LogP contribution in [0.5, 0.6) is 0 Å². The molecule has 0 radical (unpaired) electrons. The van der Waals surface area contributed by atoms with Gasteiger partial charge in [0, 0.05) is 0 Å². The molecule has 0 N–H and O–H groups in total. The van der Waals surface area contributed by atoms with E-state index < -0.39 is 0 Å². The van der Waals surface area contributed by atoms with E-state index in [1.807, 2.05) is 18.2 Å². The topological polar surface area (TPSA) is 14.1 Å². The fraction of sp³-hybridized carbons (Fsp3) is 0.600. The summed E-state index contributed by atoms with van der Waals surface area (Å²) in [5, 5.41) is 4.90. The van der Waals surface area contributed by atoms with E-state index in [0.717, 1.165) is 5.69 Å². The number of para-hydroxylation sites is 1. The molecule has 0 amide bonds. The summed E-state index contributed by atoms with van der Waals surface area (Å²) >= 11 is 0. The molecule has 0 aliphatic carbocycles. The first-order chi connectivity index (χ1) is 7.21. The molecule has 17 heavy (non-hydrogen) atoms. The van der Waals surface area contributed by atoms with Gasteiger partial charge in [-0.15, -0.1) is 11.7 Å². The maximum atomic E-state index is 4.90. The van der Waals surface area contributed by atoms with Gasteiger partial charge in [0.25, 0.3) is 0 Å². The zero-order valence-electron chi connectivity index (χ0n) is 12.4. The molecule has 1 aromatic rings. The van der Waals surface area contributed by atoms with Crippen molar-refractivity contribution in [1.29, 1.82) is 0 Å². The molecule has 1 rings (SSSR count). The molecule has 0 fully saturated rings. The first-order valence-corrected chi connectivity index (χ1v) is 5.97. The summed E-state index contributed by atoms with van der Waals surface area (Å²) in [7, 11) is 0. The van der Waals surface area contributed by atoms with Crippen LogP contribution in [0, 0.1) is 10.8 Å². The van der Waals surface area contributed by atoms with Crippen LogP contribution in [0.1, 0.15) is 41.5 Å². The molecule has 0 aromatic heterocycles. The predicted molar refractivity (Wildman–Crippen MR) is 72.2 cm³/mol. The molecule has 0 saturated carbocycles. The second kappa shape index (κ2) is 5.98. The fourth-order valence-corrected chi connectivity index (χ4v) is 2.35. The van der Waals surface area contributed by atoms with E-state index in [1.165, 1.54) is 0 Å². The van der Waals surface area contributed by atoms with Gasteiger partial charge >= 0.3 is 18.9 Å². The fourth-order valence-electron chi connectivity index (χ4n) is 2.35. The average Bonchev–Trinajstić information content (AvgIpc) is 2.12. The molecule has 2 heteroatoms. The van der Waals surface area contributed by atoms with Crippen molar-refractivity contribution in [3.05, 3.63) is 35.6 Å². The van der Waals surface area contributed by atoms with Crippen LogP contribution >= 0.6 is 0 Å². The van der Waals surface area contributed by atoms with E-state index in [9.17, 15) is 0 Å². The standard InChI is InChI=1S/C15H24N.Li/c1-14(2,3)13(15(4,5)6)16-12-10-8-7-9-11-12;/h7-11,13H,1-6H3;/q-1;+1. The van der Waals surface area contributed by atoms with E-state index >= 15 is 0 Å². The third kappa shape index (κ3) is 5.19. The summed E-state index contributed by atoms with van der Waals surface area (Å²) < 4.78 is 0. The van der Waals surface area contributed by atoms with Gasteiger partial charge in [-0.05, 0) is 0 Å². The Morgan fingerprint density at radius 2 is 1.24 bits per heavy atom. The Hall–Kier alpha value is -0.383. The van der Waals surface area contributed by atoms with Crippen molar-refractivity contribution >= 4 is 5.69 Å². The quantitative estimate of drug-likeness (QED) is 0.685. The molecule has 0 aliphatic rings. The minimum atomic E-state index is 0. The van der Waals surface area contributed by atoms with Crippen LogP contribution in [0.4, 0.5) is 5.69 Å². The Bertz CT molecular complexity index is 305. The number of benzene rings is 1. The third-order valence-electron chi connectivity index (χ3n) is 2.67. The Morgan fingerprint density at radius 3 is 1.59 bits per heavy atom. The largest absolute Gasteiger partial charge is 1.00 e. The molecule has 0 saturated heterocycles. The van der Waals surface area contributed by atoms with Gasteiger partial charge in [-0.2, -0.15) is 0 Å². The number of nitrogens with zero attached hydrogens (tertiary/aromatic N) is 1. The molecule has 1 aromatic carbocycles. The Kier molecular flexibility index (Phi) is 5.85. The van der Waals surface area contributed by atoms with Gasteiger partial charge < -0.3 is 5.32 Å². The maximum absolute atomic E-state index is 4.90. The summed E-state index contributed by atoms with van der Waals surface area (Å²) in [6.45, 7) is 13.6. The van der Waals surface area contributed by atoms with E-state index in [1.54, 1.807) is 0 Å². The van der Waals surface area contributed by atoms with Crippen molar-refractivity contribution < 1.29 is 18.9 Å². The Labute approximate surface area is 119 Å². The molecule has 90 valence electrons. The molecule has 0 unspecified atom stereocenters. The Balaban J connectivity index is 0.00000256. The van der Waals surface area contributed by atoms with Crippen LogP contribution in [0.15, 0.2) is 30.3 Å². The van der Waals surface area contributed by atoms with E-state index in [4.69, 9.17) is 5.32 Å². The molecule has 0 atom stereocenters. The van der Waals surface area contributed by atoms with E-state index in [0.29, 0.717) is 6.04 Å². The van der Waals surface area contributed by atoms with Crippen LogP contribution in [0.2, 0.25) is 0 Å². The summed E-state index contributed by atoms with van der Waals surface area (Å²) in [6, 6.07) is 10.6. The van der Waals surface area contributed by atoms with Crippen molar-refractivity contribution in [3.63, 3.8) is 0 Å². The molecule has 0 spiro atoms. The molecule has 0 aliphatic heterocycles. The van der Waals surface area contributed by atoms with E-state index in [-0.39, 0.29) is 29.7 Å². The minimum Gasteiger partial charge on any atom is -0.681 e. The third-order valence-corrected chi connectivity index (χ3v) is 2.67. The van der Waals surface area contributed by atoms with Crippen LogP contribution < -0.4 is 18.9 Å². The van der Waals surface area contributed by atoms with Gasteiger partial charge in [-0.3, -0.25) is 0 Å². The summed E-state index contributed by atoms with van der Waals surface area (Å²) in [4.78, 5) is 0. The van der Waals surface area contributed by atoms with Crippen molar-refractivity contribution in [2.75, 3.05) is 0 Å². The van der Waals surface area contributed by atoms with Crippen LogP contribution in [0.3, 0.4) is 0 Å². The van der Waals surface area contributed by atoms with Gasteiger partial charge in [0.05, 0.1) is 0 Å². The SMILES string of the molecule is CC(C)(C)C([N-]c1ccccc1)C(C)(C)C.[Li+]. The second-order valence-electron chi connectivity index (χ2n) is 6.60. The zero-order chi connectivity index (χ0) is 12.4. The minimum absolute atomic E-state index is 0. The molecule has 0 bridgehead atoms. The normalized spacial score (nSPS) is 12.2. The maximum Gasteiger partial charge on any atom is 1.00 e. The van der Waals surface area contributed by atoms with Crippen molar-refractivity contribution in [3.8, 4) is 0 Å². The summed E-state index contributed by atoms with van der Waals surface area (Å²) in [5.41, 5.74) is 1.46. The van der Waals surface area contributed by atoms with E-state index in [2.05, 4.69) is 53.7 Å². The van der Waals surface area contributed by atoms with Gasteiger partial charge in [-0.1, -0.05) is 82.7 Å². The van der Waals surface area contributed by atoms with Crippen molar-refractivity contribution in [2.45, 2.75) is 47.6 Å². The summed E-state index contributed by atoms with van der Waals surface area (Å²) in [5.74, 6) is 0. The molecular weight excluding hydrogens is 201 g/mol. The smallest absolute Gasteiger partial charge is 0.681 e. The van der Waals surface area contributed by atoms with Crippen molar-refractivity contribution in [1.82, 2.24) is 0 Å². The summed E-state index contributed by atoms with van der Waals surface area (Å²) in [6.07, 6.45) is 0. The molecule has 0 heterocycles. The molecule has 1 nitrogen and oxygen atoms in total. The Morgan fingerprint density at radius 1 is 0.824 bits per heavy atom. The number of hydrogen-bond donors (Lipinski definition) is 0. The first-order valence-electron chi connectivity index (χ1n) is 5.97. The monoisotopic (exact) mass is 225 g/mol. The second-order valence-corrected chi connectivity index (χ2v) is 6.60. The van der Waals surface area contributed by atoms with Crippen LogP contribution in [-0.4, -0.2) is 6.04 Å². The average molecular weight is 225 g/mol.